The zero-order valence-electron chi connectivity index (χ0n) is 16.1. The molecule has 0 saturated carbocycles. The van der Waals surface area contributed by atoms with E-state index in [1.807, 2.05) is 12.1 Å². The number of carbonyl (C=O) groups is 1. The van der Waals surface area contributed by atoms with Crippen molar-refractivity contribution in [2.75, 3.05) is 11.8 Å². The van der Waals surface area contributed by atoms with Gasteiger partial charge in [-0.2, -0.15) is 0 Å². The molecule has 7 heteroatoms. The van der Waals surface area contributed by atoms with Gasteiger partial charge in [0.05, 0.1) is 4.90 Å². The number of carbonyl (C=O) groups excluding carboxylic acids is 1. The van der Waals surface area contributed by atoms with E-state index in [4.69, 9.17) is 11.6 Å². The maximum atomic E-state index is 12.8. The monoisotopic (exact) mass is 428 g/mol. The Kier molecular flexibility index (Phi) is 6.25. The minimum absolute atomic E-state index is 0.0760. The molecule has 150 valence electrons. The van der Waals surface area contributed by atoms with E-state index in [0.29, 0.717) is 28.4 Å². The van der Waals surface area contributed by atoms with Crippen molar-refractivity contribution in [3.8, 4) is 0 Å². The summed E-state index contributed by atoms with van der Waals surface area (Å²) in [5, 5.41) is 0.627. The Morgan fingerprint density at radius 2 is 1.66 bits per heavy atom. The Bertz CT molecular complexity index is 1110. The highest BCUT2D eigenvalue weighted by molar-refractivity contribution is 7.92. The molecule has 0 saturated heterocycles. The summed E-state index contributed by atoms with van der Waals surface area (Å²) in [6, 6.07) is 20.6. The minimum Gasteiger partial charge on any atom is -0.337 e. The number of sulfonamides is 1. The van der Waals surface area contributed by atoms with Crippen molar-refractivity contribution in [2.24, 2.45) is 0 Å². The molecule has 3 aromatic carbocycles. The average Bonchev–Trinajstić information content (AvgIpc) is 2.70. The van der Waals surface area contributed by atoms with Crippen LogP contribution in [0.2, 0.25) is 5.02 Å². The Morgan fingerprint density at radius 1 is 1.00 bits per heavy atom. The van der Waals surface area contributed by atoms with Gasteiger partial charge < -0.3 is 4.90 Å². The Balaban J connectivity index is 1.83. The van der Waals surface area contributed by atoms with Crippen molar-refractivity contribution in [3.05, 3.63) is 94.5 Å². The lowest BCUT2D eigenvalue weighted by atomic mass is 10.1. The van der Waals surface area contributed by atoms with Gasteiger partial charge in [0.1, 0.15) is 0 Å². The predicted molar refractivity (Wildman–Crippen MR) is 116 cm³/mol. The fourth-order valence-corrected chi connectivity index (χ4v) is 4.35. The highest BCUT2D eigenvalue weighted by Crippen LogP contribution is 2.22. The maximum absolute atomic E-state index is 12.8. The Morgan fingerprint density at radius 3 is 2.31 bits per heavy atom. The largest absolute Gasteiger partial charge is 0.337 e. The van der Waals surface area contributed by atoms with E-state index in [1.165, 1.54) is 11.0 Å². The van der Waals surface area contributed by atoms with Gasteiger partial charge in [-0.15, -0.1) is 0 Å². The van der Waals surface area contributed by atoms with E-state index in [-0.39, 0.29) is 10.8 Å². The second-order valence-electron chi connectivity index (χ2n) is 6.74. The summed E-state index contributed by atoms with van der Waals surface area (Å²) in [6.45, 7) is 2.08. The number of benzene rings is 3. The van der Waals surface area contributed by atoms with Gasteiger partial charge in [0.25, 0.3) is 15.9 Å². The third-order valence-electron chi connectivity index (χ3n) is 4.43. The van der Waals surface area contributed by atoms with Gasteiger partial charge >= 0.3 is 0 Å². The molecule has 0 aromatic heterocycles. The van der Waals surface area contributed by atoms with Crippen LogP contribution in [0.4, 0.5) is 5.69 Å². The zero-order chi connectivity index (χ0) is 21.0. The quantitative estimate of drug-likeness (QED) is 0.617. The van der Waals surface area contributed by atoms with Crippen LogP contribution in [0.1, 0.15) is 21.5 Å². The summed E-state index contributed by atoms with van der Waals surface area (Å²) >= 11 is 5.90. The van der Waals surface area contributed by atoms with E-state index in [2.05, 4.69) is 4.72 Å². The lowest BCUT2D eigenvalue weighted by Gasteiger charge is -2.18. The molecule has 0 aliphatic rings. The molecule has 29 heavy (non-hydrogen) atoms. The number of aryl methyl sites for hydroxylation is 1. The van der Waals surface area contributed by atoms with Crippen molar-refractivity contribution in [3.63, 3.8) is 0 Å². The van der Waals surface area contributed by atoms with Crippen molar-refractivity contribution >= 4 is 33.2 Å². The summed E-state index contributed by atoms with van der Waals surface area (Å²) in [7, 11) is -2.15. The summed E-state index contributed by atoms with van der Waals surface area (Å²) < 4.78 is 28.2. The van der Waals surface area contributed by atoms with E-state index in [0.717, 1.165) is 5.56 Å². The first-order valence-electron chi connectivity index (χ1n) is 8.95. The van der Waals surface area contributed by atoms with Gasteiger partial charge in [-0.05, 0) is 54.4 Å². The fourth-order valence-electron chi connectivity index (χ4n) is 2.89. The number of halogens is 1. The van der Waals surface area contributed by atoms with Gasteiger partial charge in [0.2, 0.25) is 0 Å². The second-order valence-corrected chi connectivity index (χ2v) is 8.83. The fraction of sp³-hybridized carbons (Fsp3) is 0.136. The number of nitrogens with one attached hydrogen (secondary N) is 1. The molecule has 0 aliphatic carbocycles. The van der Waals surface area contributed by atoms with Gasteiger partial charge in [0, 0.05) is 29.9 Å². The van der Waals surface area contributed by atoms with Crippen molar-refractivity contribution in [1.82, 2.24) is 4.90 Å². The molecule has 0 fully saturated rings. The number of nitrogens with zero attached hydrogens (tertiary/aromatic N) is 1. The maximum Gasteiger partial charge on any atom is 0.262 e. The summed E-state index contributed by atoms with van der Waals surface area (Å²) in [4.78, 5) is 14.5. The normalized spacial score (nSPS) is 11.1. The molecule has 0 bridgehead atoms. The number of anilines is 1. The molecular formula is C22H21ClN2O3S. The van der Waals surface area contributed by atoms with Crippen LogP contribution in [0, 0.1) is 6.92 Å². The molecule has 0 atom stereocenters. The lowest BCUT2D eigenvalue weighted by molar-refractivity contribution is 0.0785. The Hall–Kier alpha value is -2.83. The molecule has 0 spiro atoms. The molecule has 3 rings (SSSR count). The third kappa shape index (κ3) is 5.16. The number of hydrogen-bond donors (Lipinski definition) is 1. The van der Waals surface area contributed by atoms with E-state index in [9.17, 15) is 13.2 Å². The van der Waals surface area contributed by atoms with Crippen molar-refractivity contribution in [1.29, 1.82) is 0 Å². The summed E-state index contributed by atoms with van der Waals surface area (Å²) in [6.07, 6.45) is 0. The van der Waals surface area contributed by atoms with Gasteiger partial charge in [-0.1, -0.05) is 48.0 Å². The molecule has 0 heterocycles. The van der Waals surface area contributed by atoms with Gasteiger partial charge in [-0.3, -0.25) is 9.52 Å². The lowest BCUT2D eigenvalue weighted by Crippen LogP contribution is -2.26. The van der Waals surface area contributed by atoms with Crippen molar-refractivity contribution < 1.29 is 13.2 Å². The molecule has 1 amide bonds. The smallest absolute Gasteiger partial charge is 0.262 e. The van der Waals surface area contributed by atoms with Crippen LogP contribution in [0.25, 0.3) is 0 Å². The first-order valence-corrected chi connectivity index (χ1v) is 10.8. The molecule has 5 nitrogen and oxygen atoms in total. The molecule has 0 unspecified atom stereocenters. The minimum atomic E-state index is -3.82. The number of rotatable bonds is 6. The molecule has 0 radical (unpaired) electrons. The van der Waals surface area contributed by atoms with E-state index in [1.54, 1.807) is 68.6 Å². The van der Waals surface area contributed by atoms with Crippen LogP contribution in [0.5, 0.6) is 0 Å². The average molecular weight is 429 g/mol. The third-order valence-corrected chi connectivity index (χ3v) is 6.21. The zero-order valence-corrected chi connectivity index (χ0v) is 17.7. The first-order chi connectivity index (χ1) is 13.8. The summed E-state index contributed by atoms with van der Waals surface area (Å²) in [5.74, 6) is -0.267. The standard InChI is InChI=1S/C22H21ClN2O3S/c1-16-8-11-18(22(26)25(2)15-17-9-12-19(23)13-10-17)14-21(16)29(27,28)24-20-6-4-3-5-7-20/h3-14,24H,15H2,1-2H3. The number of para-hydroxylation sites is 1. The van der Waals surface area contributed by atoms with Crippen LogP contribution < -0.4 is 4.72 Å². The highest BCUT2D eigenvalue weighted by atomic mass is 35.5. The van der Waals surface area contributed by atoms with Crippen LogP contribution in [0.3, 0.4) is 0 Å². The molecule has 3 aromatic rings. The van der Waals surface area contributed by atoms with E-state index < -0.39 is 10.0 Å². The van der Waals surface area contributed by atoms with Crippen molar-refractivity contribution in [2.45, 2.75) is 18.4 Å². The summed E-state index contributed by atoms with van der Waals surface area (Å²) in [5.41, 5.74) is 2.25. The topological polar surface area (TPSA) is 66.5 Å². The predicted octanol–water partition coefficient (Wildman–Crippen LogP) is 4.72. The SMILES string of the molecule is Cc1ccc(C(=O)N(C)Cc2ccc(Cl)cc2)cc1S(=O)(=O)Nc1ccccc1. The van der Waals surface area contributed by atoms with Gasteiger partial charge in [0.15, 0.2) is 0 Å². The van der Waals surface area contributed by atoms with Crippen LogP contribution in [0.15, 0.2) is 77.7 Å². The number of hydrogen-bond acceptors (Lipinski definition) is 3. The highest BCUT2D eigenvalue weighted by Gasteiger charge is 2.21. The van der Waals surface area contributed by atoms with Crippen LogP contribution in [-0.4, -0.2) is 26.3 Å². The Labute approximate surface area is 176 Å². The second kappa shape index (κ2) is 8.68. The molecular weight excluding hydrogens is 408 g/mol. The van der Waals surface area contributed by atoms with Crippen LogP contribution in [-0.2, 0) is 16.6 Å². The van der Waals surface area contributed by atoms with Crippen LogP contribution >= 0.6 is 11.6 Å². The number of amides is 1. The van der Waals surface area contributed by atoms with E-state index >= 15 is 0 Å². The molecule has 0 aliphatic heterocycles. The van der Waals surface area contributed by atoms with Gasteiger partial charge in [-0.25, -0.2) is 8.42 Å². The first kappa shape index (κ1) is 20.9. The molecule has 1 N–H and O–H groups in total.